The average Bonchev–Trinajstić information content (AvgIpc) is 3.47. The van der Waals surface area contributed by atoms with Crippen LogP contribution in [0.1, 0.15) is 23.1 Å². The highest BCUT2D eigenvalue weighted by Crippen LogP contribution is 2.40. The second-order valence-electron chi connectivity index (χ2n) is 11.1. The van der Waals surface area contributed by atoms with Crippen LogP contribution in [0.5, 0.6) is 5.88 Å². The van der Waals surface area contributed by atoms with Crippen molar-refractivity contribution in [3.8, 4) is 5.88 Å². The fourth-order valence-corrected chi connectivity index (χ4v) is 5.25. The average molecular weight is 726 g/mol. The van der Waals surface area contributed by atoms with Crippen LogP contribution in [0.25, 0.3) is 22.0 Å². The van der Waals surface area contributed by atoms with Crippen molar-refractivity contribution >= 4 is 38.1 Å². The molecule has 0 saturated heterocycles. The highest BCUT2D eigenvalue weighted by atomic mass is 32.2. The Bertz CT molecular complexity index is 2070. The van der Waals surface area contributed by atoms with Crippen molar-refractivity contribution in [3.63, 3.8) is 0 Å². The van der Waals surface area contributed by atoms with Gasteiger partial charge in [0.15, 0.2) is 0 Å². The molecule has 268 valence electrons. The molecule has 51 heavy (non-hydrogen) atoms. The van der Waals surface area contributed by atoms with Crippen molar-refractivity contribution in [2.45, 2.75) is 17.5 Å². The molecule has 0 aliphatic carbocycles. The third-order valence-electron chi connectivity index (χ3n) is 7.16. The van der Waals surface area contributed by atoms with E-state index in [-0.39, 0.29) is 33.9 Å². The van der Waals surface area contributed by atoms with Crippen LogP contribution in [0, 0.1) is 5.95 Å². The summed E-state index contributed by atoms with van der Waals surface area (Å²) in [6, 6.07) is 23.6. The summed E-state index contributed by atoms with van der Waals surface area (Å²) in [5, 5.41) is 9.43. The van der Waals surface area contributed by atoms with Gasteiger partial charge in [-0.05, 0) is 52.6 Å². The van der Waals surface area contributed by atoms with Crippen LogP contribution in [0.15, 0.2) is 114 Å². The van der Waals surface area contributed by atoms with Crippen molar-refractivity contribution in [1.82, 2.24) is 25.4 Å². The predicted molar refractivity (Wildman–Crippen MR) is 186 cm³/mol. The number of nitrogens with zero attached hydrogens (tertiary/aromatic N) is 3. The maximum absolute atomic E-state index is 14.4. The Hall–Kier alpha value is -5.38. The zero-order valence-electron chi connectivity index (χ0n) is 27.6. The fraction of sp³-hybridized carbons (Fsp3) is 0.194. The molecular weight excluding hydrogens is 690 g/mol. The first kappa shape index (κ1) is 38.4. The molecule has 0 aliphatic rings. The molecule has 0 saturated carbocycles. The minimum absolute atomic E-state index is 0.0295. The Morgan fingerprint density at radius 2 is 1.63 bits per heavy atom. The molecule has 3 N–H and O–H groups in total. The molecule has 5 rings (SSSR count). The second-order valence-corrected chi connectivity index (χ2v) is 12.6. The van der Waals surface area contributed by atoms with E-state index < -0.39 is 28.7 Å². The molecule has 0 aliphatic heterocycles. The molecule has 10 nitrogen and oxygen atoms in total. The van der Waals surface area contributed by atoms with E-state index >= 15 is 0 Å². The third-order valence-corrected chi connectivity index (χ3v) is 8.02. The molecule has 2 heterocycles. The topological polar surface area (TPSA) is 138 Å². The molecule has 1 amide bonds. The first-order chi connectivity index (χ1) is 24.2. The van der Waals surface area contributed by atoms with Gasteiger partial charge in [-0.25, -0.2) is 4.98 Å². The summed E-state index contributed by atoms with van der Waals surface area (Å²) < 4.78 is 90.9. The number of aromatic amines is 1. The Kier molecular flexibility index (Phi) is 13.2. The quantitative estimate of drug-likeness (QED) is 0.0433. The highest BCUT2D eigenvalue weighted by Gasteiger charge is 2.32. The number of aromatic nitrogens is 3. The van der Waals surface area contributed by atoms with Gasteiger partial charge in [-0.15, -0.1) is 0 Å². The van der Waals surface area contributed by atoms with Gasteiger partial charge in [0.05, 0.1) is 22.2 Å². The lowest BCUT2D eigenvalue weighted by Crippen LogP contribution is -2.22. The maximum atomic E-state index is 14.4. The number of hydrogen-bond donors (Lipinski definition) is 3. The first-order valence-electron chi connectivity index (χ1n) is 15.4. The summed E-state index contributed by atoms with van der Waals surface area (Å²) >= 11 is 0. The molecule has 0 unspecified atom stereocenters. The van der Waals surface area contributed by atoms with Gasteiger partial charge in [-0.3, -0.25) is 14.4 Å². The number of ether oxygens (including phenoxy) is 1. The van der Waals surface area contributed by atoms with Crippen LogP contribution in [-0.4, -0.2) is 78.9 Å². The van der Waals surface area contributed by atoms with Crippen LogP contribution < -0.4 is 10.1 Å². The smallest absolute Gasteiger partial charge is 0.393 e. The Morgan fingerprint density at radius 1 is 0.961 bits per heavy atom. The molecular formula is C36H35F4N5O5S. The monoisotopic (exact) mass is 725 g/mol. The van der Waals surface area contributed by atoms with Crippen molar-refractivity contribution < 1.29 is 40.1 Å². The van der Waals surface area contributed by atoms with Gasteiger partial charge < -0.3 is 15.0 Å². The molecule has 0 bridgehead atoms. The molecule has 0 atom stereocenters. The van der Waals surface area contributed by atoms with Gasteiger partial charge in [-0.1, -0.05) is 60.7 Å². The first-order valence-corrected chi connectivity index (χ1v) is 16.9. The van der Waals surface area contributed by atoms with E-state index in [1.807, 2.05) is 0 Å². The van der Waals surface area contributed by atoms with E-state index in [0.29, 0.717) is 41.2 Å². The number of nitrogens with one attached hydrogen (secondary N) is 2. The summed E-state index contributed by atoms with van der Waals surface area (Å²) in [6.07, 6.45) is -1.07. The van der Waals surface area contributed by atoms with Crippen molar-refractivity contribution in [2.24, 2.45) is 0 Å². The SMILES string of the molecule is CN(C)C(=O)/C=C/CNCCOc1ccc(/C(=C(/CC(F)(F)F)c2ccccc2)c2ccc3n[nH]c(F)c3c2)cn1.O=S(=O)(O)c1ccccc1. The number of rotatable bonds is 12. The standard InChI is InChI=1S/C30H29F4N5O2.C6H6O3S/c1-39(2)27(40)9-6-14-35-15-16-41-26-13-11-22(19-36-26)28(21-10-12-25-23(17-21)29(31)38-37-25)24(18-30(32,33)34)20-7-4-3-5-8-20;7-10(8,9)6-4-2-1-3-5-6/h3-13,17,19,35H,14-16,18H2,1-2H3,(H,37,38);1-5H,(H,7,8,9)/b9-6+,28-24-;. The minimum atomic E-state index is -4.50. The number of carbonyl (C=O) groups is 1. The van der Waals surface area contributed by atoms with Crippen molar-refractivity contribution in [1.29, 1.82) is 0 Å². The maximum Gasteiger partial charge on any atom is 0.393 e. The van der Waals surface area contributed by atoms with E-state index in [1.165, 1.54) is 35.4 Å². The predicted octanol–water partition coefficient (Wildman–Crippen LogP) is 6.55. The second kappa shape index (κ2) is 17.5. The molecule has 2 aromatic heterocycles. The number of benzene rings is 3. The van der Waals surface area contributed by atoms with E-state index in [0.717, 1.165) is 0 Å². The van der Waals surface area contributed by atoms with Crippen LogP contribution >= 0.6 is 0 Å². The Balaban J connectivity index is 0.000000502. The summed E-state index contributed by atoms with van der Waals surface area (Å²) in [7, 11) is -0.666. The highest BCUT2D eigenvalue weighted by molar-refractivity contribution is 7.85. The molecule has 15 heteroatoms. The lowest BCUT2D eigenvalue weighted by molar-refractivity contribution is -0.124. The van der Waals surface area contributed by atoms with Gasteiger partial charge in [0.1, 0.15) is 6.61 Å². The number of carbonyl (C=O) groups excluding carboxylic acids is 1. The number of amides is 1. The fourth-order valence-electron chi connectivity index (χ4n) is 4.75. The van der Waals surface area contributed by atoms with Crippen molar-refractivity contribution in [3.05, 3.63) is 132 Å². The lowest BCUT2D eigenvalue weighted by atomic mass is 9.88. The van der Waals surface area contributed by atoms with E-state index in [4.69, 9.17) is 9.29 Å². The normalized spacial score (nSPS) is 12.3. The number of pyridine rings is 1. The molecule has 0 fully saturated rings. The number of hydrogen-bond acceptors (Lipinski definition) is 7. The van der Waals surface area contributed by atoms with Crippen molar-refractivity contribution in [2.75, 3.05) is 33.8 Å². The summed E-state index contributed by atoms with van der Waals surface area (Å²) in [4.78, 5) is 17.2. The number of allylic oxidation sites excluding steroid dienone is 1. The van der Waals surface area contributed by atoms with Gasteiger partial charge in [0.25, 0.3) is 10.1 Å². The zero-order chi connectivity index (χ0) is 37.0. The largest absolute Gasteiger partial charge is 0.476 e. The van der Waals surface area contributed by atoms with Crippen LogP contribution in [-0.2, 0) is 14.9 Å². The molecule has 0 radical (unpaired) electrons. The Labute approximate surface area is 292 Å². The van der Waals surface area contributed by atoms with Crippen LogP contribution in [0.4, 0.5) is 17.6 Å². The molecule has 0 spiro atoms. The van der Waals surface area contributed by atoms with Crippen LogP contribution in [0.2, 0.25) is 0 Å². The van der Waals surface area contributed by atoms with Gasteiger partial charge in [0.2, 0.25) is 17.7 Å². The lowest BCUT2D eigenvalue weighted by Gasteiger charge is -2.19. The summed E-state index contributed by atoms with van der Waals surface area (Å²) in [5.74, 6) is -0.489. The summed E-state index contributed by atoms with van der Waals surface area (Å²) in [6.45, 7) is 1.24. The van der Waals surface area contributed by atoms with E-state index in [1.54, 1.807) is 93.0 Å². The molecule has 3 aromatic carbocycles. The number of fused-ring (bicyclic) bond motifs is 1. The Morgan fingerprint density at radius 3 is 2.22 bits per heavy atom. The number of halogens is 4. The van der Waals surface area contributed by atoms with Gasteiger partial charge in [-0.2, -0.15) is 31.1 Å². The third kappa shape index (κ3) is 11.6. The molecule has 5 aromatic rings. The van der Waals surface area contributed by atoms with Gasteiger partial charge >= 0.3 is 6.18 Å². The number of H-pyrrole nitrogens is 1. The van der Waals surface area contributed by atoms with Crippen LogP contribution in [0.3, 0.4) is 0 Å². The number of likely N-dealkylation sites (N-methyl/N-ethyl adjacent to an activating group) is 1. The van der Waals surface area contributed by atoms with E-state index in [9.17, 15) is 30.8 Å². The van der Waals surface area contributed by atoms with E-state index in [2.05, 4.69) is 20.5 Å². The van der Waals surface area contributed by atoms with Gasteiger partial charge in [0, 0.05) is 51.1 Å². The summed E-state index contributed by atoms with van der Waals surface area (Å²) in [5.41, 5.74) is 1.86. The zero-order valence-corrected chi connectivity index (χ0v) is 28.4. The minimum Gasteiger partial charge on any atom is -0.476 e. The number of alkyl halides is 3.